The molecule has 0 atom stereocenters. The van der Waals surface area contributed by atoms with E-state index >= 15 is 0 Å². The molecule has 25 heavy (non-hydrogen) atoms. The van der Waals surface area contributed by atoms with Crippen molar-refractivity contribution < 1.29 is 18.6 Å². The van der Waals surface area contributed by atoms with Crippen LogP contribution < -0.4 is 19.6 Å². The summed E-state index contributed by atoms with van der Waals surface area (Å²) in [6.45, 7) is 2.27. The summed E-state index contributed by atoms with van der Waals surface area (Å²) in [4.78, 5) is 12.6. The maximum atomic E-state index is 12.6. The van der Waals surface area contributed by atoms with Gasteiger partial charge in [0.1, 0.15) is 23.7 Å². The Bertz CT molecular complexity index is 987. The van der Waals surface area contributed by atoms with Crippen molar-refractivity contribution in [3.05, 3.63) is 59.0 Å². The second-order valence-corrected chi connectivity index (χ2v) is 5.02. The smallest absolute Gasteiger partial charge is 0.235 e. The molecule has 2 aromatic carbocycles. The van der Waals surface area contributed by atoms with Crippen molar-refractivity contribution in [3.63, 3.8) is 0 Å². The van der Waals surface area contributed by atoms with Gasteiger partial charge in [-0.2, -0.15) is 5.26 Å². The third kappa shape index (κ3) is 3.56. The zero-order chi connectivity index (χ0) is 17.6. The SMILES string of the molecule is CCOc1ccccc1Oc1coc2cc(OCC#N)ccc2c1=O. The third-order valence-electron chi connectivity index (χ3n) is 3.39. The molecule has 0 unspecified atom stereocenters. The minimum absolute atomic E-state index is 0.0605. The van der Waals surface area contributed by atoms with Crippen LogP contribution in [0.3, 0.4) is 0 Å². The largest absolute Gasteiger partial charge is 0.490 e. The van der Waals surface area contributed by atoms with Crippen LogP contribution >= 0.6 is 0 Å². The van der Waals surface area contributed by atoms with Gasteiger partial charge in [-0.25, -0.2) is 0 Å². The number of ether oxygens (including phenoxy) is 3. The first-order valence-corrected chi connectivity index (χ1v) is 7.68. The molecule has 126 valence electrons. The van der Waals surface area contributed by atoms with Crippen LogP contribution in [0.15, 0.2) is 57.9 Å². The van der Waals surface area contributed by atoms with E-state index in [1.807, 2.05) is 19.1 Å². The Balaban J connectivity index is 1.95. The highest BCUT2D eigenvalue weighted by atomic mass is 16.5. The molecule has 0 spiro atoms. The van der Waals surface area contributed by atoms with Gasteiger partial charge in [0.25, 0.3) is 0 Å². The molecule has 6 heteroatoms. The maximum absolute atomic E-state index is 12.6. The molecule has 0 bridgehead atoms. The summed E-state index contributed by atoms with van der Waals surface area (Å²) < 4.78 is 21.9. The van der Waals surface area contributed by atoms with Gasteiger partial charge in [0, 0.05) is 6.07 Å². The summed E-state index contributed by atoms with van der Waals surface area (Å²) in [5.74, 6) is 1.49. The first kappa shape index (κ1) is 16.4. The molecule has 1 heterocycles. The van der Waals surface area contributed by atoms with E-state index in [0.717, 1.165) is 0 Å². The molecule has 3 rings (SSSR count). The van der Waals surface area contributed by atoms with E-state index < -0.39 is 0 Å². The summed E-state index contributed by atoms with van der Waals surface area (Å²) in [7, 11) is 0. The van der Waals surface area contributed by atoms with E-state index in [2.05, 4.69) is 0 Å². The summed E-state index contributed by atoms with van der Waals surface area (Å²) in [5.41, 5.74) is 0.0465. The van der Waals surface area contributed by atoms with Crippen LogP contribution in [0, 0.1) is 11.3 Å². The predicted octanol–water partition coefficient (Wildman–Crippen LogP) is 3.89. The summed E-state index contributed by atoms with van der Waals surface area (Å²) in [5, 5.41) is 8.90. The van der Waals surface area contributed by atoms with Gasteiger partial charge in [0.15, 0.2) is 18.1 Å². The van der Waals surface area contributed by atoms with Crippen LogP contribution in [-0.2, 0) is 0 Å². The molecule has 0 radical (unpaired) electrons. The lowest BCUT2D eigenvalue weighted by atomic mass is 10.2. The molecule has 0 saturated heterocycles. The fourth-order valence-corrected chi connectivity index (χ4v) is 2.29. The molecule has 6 nitrogen and oxygen atoms in total. The fourth-order valence-electron chi connectivity index (χ4n) is 2.29. The van der Waals surface area contributed by atoms with Crippen LogP contribution in [0.2, 0.25) is 0 Å². The van der Waals surface area contributed by atoms with Crippen molar-refractivity contribution in [1.82, 2.24) is 0 Å². The average molecular weight is 337 g/mol. The van der Waals surface area contributed by atoms with E-state index in [1.165, 1.54) is 6.26 Å². The zero-order valence-corrected chi connectivity index (χ0v) is 13.5. The van der Waals surface area contributed by atoms with E-state index in [4.69, 9.17) is 23.9 Å². The Morgan fingerprint density at radius 1 is 1.08 bits per heavy atom. The Morgan fingerprint density at radius 2 is 1.88 bits per heavy atom. The van der Waals surface area contributed by atoms with Crippen molar-refractivity contribution in [2.24, 2.45) is 0 Å². The highest BCUT2D eigenvalue weighted by molar-refractivity contribution is 5.79. The van der Waals surface area contributed by atoms with E-state index in [-0.39, 0.29) is 17.8 Å². The zero-order valence-electron chi connectivity index (χ0n) is 13.5. The molecule has 0 N–H and O–H groups in total. The molecule has 0 fully saturated rings. The van der Waals surface area contributed by atoms with E-state index in [0.29, 0.717) is 34.8 Å². The van der Waals surface area contributed by atoms with Gasteiger partial charge in [0.2, 0.25) is 11.2 Å². The van der Waals surface area contributed by atoms with Gasteiger partial charge in [-0.3, -0.25) is 4.79 Å². The first-order chi connectivity index (χ1) is 12.2. The van der Waals surface area contributed by atoms with Crippen LogP contribution in [-0.4, -0.2) is 13.2 Å². The Morgan fingerprint density at radius 3 is 2.64 bits per heavy atom. The molecule has 3 aromatic rings. The number of hydrogen-bond acceptors (Lipinski definition) is 6. The van der Waals surface area contributed by atoms with Crippen molar-refractivity contribution in [1.29, 1.82) is 5.26 Å². The van der Waals surface area contributed by atoms with Crippen molar-refractivity contribution in [2.75, 3.05) is 13.2 Å². The van der Waals surface area contributed by atoms with E-state index in [9.17, 15) is 4.79 Å². The lowest BCUT2D eigenvalue weighted by molar-refractivity contribution is 0.319. The summed E-state index contributed by atoms with van der Waals surface area (Å²) >= 11 is 0. The first-order valence-electron chi connectivity index (χ1n) is 7.68. The summed E-state index contributed by atoms with van der Waals surface area (Å²) in [6.07, 6.45) is 1.25. The quantitative estimate of drug-likeness (QED) is 0.679. The molecular formula is C19H15NO5. The van der Waals surface area contributed by atoms with Gasteiger partial charge >= 0.3 is 0 Å². The molecule has 0 aliphatic heterocycles. The van der Waals surface area contributed by atoms with Gasteiger partial charge < -0.3 is 18.6 Å². The average Bonchev–Trinajstić information content (AvgIpc) is 2.64. The molecule has 0 aliphatic carbocycles. The number of fused-ring (bicyclic) bond motifs is 1. The standard InChI is InChI=1S/C19H15NO5/c1-2-22-15-5-3-4-6-16(15)25-18-12-24-17-11-13(23-10-9-20)7-8-14(17)19(18)21/h3-8,11-12H,2,10H2,1H3. The van der Waals surface area contributed by atoms with Crippen molar-refractivity contribution in [2.45, 2.75) is 6.92 Å². The number of hydrogen-bond donors (Lipinski definition) is 0. The van der Waals surface area contributed by atoms with Crippen LogP contribution in [0.25, 0.3) is 11.0 Å². The van der Waals surface area contributed by atoms with Gasteiger partial charge in [-0.15, -0.1) is 0 Å². The topological polar surface area (TPSA) is 81.7 Å². The van der Waals surface area contributed by atoms with Crippen molar-refractivity contribution in [3.8, 4) is 29.1 Å². The summed E-state index contributed by atoms with van der Waals surface area (Å²) in [6, 6.07) is 13.7. The lowest BCUT2D eigenvalue weighted by Crippen LogP contribution is -2.06. The van der Waals surface area contributed by atoms with Crippen molar-refractivity contribution >= 4 is 11.0 Å². The fraction of sp³-hybridized carbons (Fsp3) is 0.158. The molecular weight excluding hydrogens is 322 g/mol. The minimum atomic E-state index is -0.306. The number of benzene rings is 2. The number of nitrogens with zero attached hydrogens (tertiary/aromatic N) is 1. The second-order valence-electron chi connectivity index (χ2n) is 5.02. The van der Waals surface area contributed by atoms with Crippen LogP contribution in [0.5, 0.6) is 23.0 Å². The molecule has 1 aromatic heterocycles. The van der Waals surface area contributed by atoms with Gasteiger partial charge in [-0.1, -0.05) is 12.1 Å². The normalized spacial score (nSPS) is 10.2. The Kier molecular flexibility index (Phi) is 4.86. The lowest BCUT2D eigenvalue weighted by Gasteiger charge is -2.11. The maximum Gasteiger partial charge on any atom is 0.235 e. The van der Waals surface area contributed by atoms with Gasteiger partial charge in [-0.05, 0) is 31.2 Å². The molecule has 0 saturated carbocycles. The van der Waals surface area contributed by atoms with Crippen LogP contribution in [0.4, 0.5) is 0 Å². The number of nitriles is 1. The monoisotopic (exact) mass is 337 g/mol. The Labute approximate surface area is 143 Å². The predicted molar refractivity (Wildman–Crippen MR) is 91.3 cm³/mol. The number of para-hydroxylation sites is 2. The van der Waals surface area contributed by atoms with Crippen LogP contribution in [0.1, 0.15) is 6.92 Å². The third-order valence-corrected chi connectivity index (χ3v) is 3.39. The highest BCUT2D eigenvalue weighted by Crippen LogP contribution is 2.31. The number of rotatable bonds is 6. The second kappa shape index (κ2) is 7.41. The van der Waals surface area contributed by atoms with Gasteiger partial charge in [0.05, 0.1) is 12.0 Å². The van der Waals surface area contributed by atoms with E-state index in [1.54, 1.807) is 36.4 Å². The highest BCUT2D eigenvalue weighted by Gasteiger charge is 2.12. The molecule has 0 amide bonds. The molecule has 0 aliphatic rings. The minimum Gasteiger partial charge on any atom is -0.490 e. The Hall–Kier alpha value is -3.46.